The van der Waals surface area contributed by atoms with Crippen molar-refractivity contribution < 1.29 is 36.6 Å². The number of carbonyl (C=O) groups excluding carboxylic acids is 1. The summed E-state index contributed by atoms with van der Waals surface area (Å²) >= 11 is 0. The number of aryl methyl sites for hydroxylation is 1. The summed E-state index contributed by atoms with van der Waals surface area (Å²) in [6.07, 6.45) is -5.56. The van der Waals surface area contributed by atoms with Gasteiger partial charge >= 0.3 is 12.3 Å². The summed E-state index contributed by atoms with van der Waals surface area (Å²) in [6, 6.07) is 7.54. The van der Waals surface area contributed by atoms with Gasteiger partial charge in [-0.1, -0.05) is 25.1 Å². The van der Waals surface area contributed by atoms with Crippen molar-refractivity contribution in [1.82, 2.24) is 0 Å². The van der Waals surface area contributed by atoms with Crippen molar-refractivity contribution in [3.63, 3.8) is 0 Å². The first kappa shape index (κ1) is 19.6. The number of hydrogen-bond acceptors (Lipinski definition) is 4. The average molecular weight is 372 g/mol. The molecule has 26 heavy (non-hydrogen) atoms. The van der Waals surface area contributed by atoms with Crippen LogP contribution in [0.25, 0.3) is 0 Å². The molecule has 4 nitrogen and oxygen atoms in total. The third-order valence-corrected chi connectivity index (χ3v) is 3.55. The van der Waals surface area contributed by atoms with Gasteiger partial charge in [-0.15, -0.1) is 0 Å². The Morgan fingerprint density at radius 1 is 1.08 bits per heavy atom. The van der Waals surface area contributed by atoms with Gasteiger partial charge in [0.25, 0.3) is 0 Å². The van der Waals surface area contributed by atoms with Gasteiger partial charge in [0.1, 0.15) is 23.9 Å². The molecule has 0 fully saturated rings. The molecule has 8 heteroatoms. The number of alkyl halides is 3. The highest BCUT2D eigenvalue weighted by Gasteiger charge is 2.35. The molecule has 0 radical (unpaired) electrons. The Hall–Kier alpha value is -2.77. The van der Waals surface area contributed by atoms with Crippen molar-refractivity contribution in [2.24, 2.45) is 0 Å². The number of rotatable bonds is 5. The minimum Gasteiger partial charge on any atom is -0.488 e. The monoisotopic (exact) mass is 372 g/mol. The number of carbonyl (C=O) groups is 1. The molecule has 0 aliphatic rings. The van der Waals surface area contributed by atoms with Crippen molar-refractivity contribution in [3.05, 3.63) is 58.9 Å². The summed E-state index contributed by atoms with van der Waals surface area (Å²) in [7, 11) is 1.12. The van der Waals surface area contributed by atoms with Crippen LogP contribution in [-0.4, -0.2) is 13.3 Å². The van der Waals surface area contributed by atoms with Crippen LogP contribution in [0.2, 0.25) is 0 Å². The molecule has 0 bridgehead atoms. The molecule has 0 N–H and O–H groups in total. The van der Waals surface area contributed by atoms with E-state index in [4.69, 9.17) is 9.47 Å². The summed E-state index contributed by atoms with van der Waals surface area (Å²) in [5.74, 6) is -1.35. The van der Waals surface area contributed by atoms with Crippen LogP contribution in [0.4, 0.5) is 22.4 Å². The molecule has 0 atom stereocenters. The second kappa shape index (κ2) is 8.07. The predicted molar refractivity (Wildman–Crippen MR) is 84.6 cm³/mol. The minimum absolute atomic E-state index is 0.0564. The highest BCUT2D eigenvalue weighted by atomic mass is 19.4. The topological polar surface area (TPSA) is 44.8 Å². The second-order valence-corrected chi connectivity index (χ2v) is 5.24. The van der Waals surface area contributed by atoms with Crippen LogP contribution in [-0.2, 0) is 23.9 Å². The minimum atomic E-state index is -4.70. The first-order valence-corrected chi connectivity index (χ1v) is 7.62. The van der Waals surface area contributed by atoms with E-state index in [1.54, 1.807) is 19.1 Å². The summed E-state index contributed by atoms with van der Waals surface area (Å²) in [5, 5.41) is 0. The second-order valence-electron chi connectivity index (χ2n) is 5.24. The maximum absolute atomic E-state index is 13.9. The molecular formula is C18H16F4O4. The number of hydrogen-bond donors (Lipinski definition) is 0. The van der Waals surface area contributed by atoms with Crippen LogP contribution < -0.4 is 9.47 Å². The third kappa shape index (κ3) is 4.65. The number of ether oxygens (including phenoxy) is 3. The summed E-state index contributed by atoms with van der Waals surface area (Å²) in [5.41, 5.74) is -0.827. The molecule has 2 aromatic rings. The van der Waals surface area contributed by atoms with E-state index >= 15 is 0 Å². The van der Waals surface area contributed by atoms with Crippen LogP contribution >= 0.6 is 0 Å². The fraction of sp³-hybridized carbons (Fsp3) is 0.278. The molecule has 0 heterocycles. The lowest BCUT2D eigenvalue weighted by Gasteiger charge is -2.16. The van der Waals surface area contributed by atoms with Crippen molar-refractivity contribution in [3.8, 4) is 11.5 Å². The standard InChI is InChI=1S/C18H16F4O4/c1-3-11-8-13(18(20,21)22)16(9-14(11)19)25-10-12-6-4-5-7-15(12)26-17(23)24-2/h4-9H,3,10H2,1-2H3. The SMILES string of the molecule is CCc1cc(C(F)(F)F)c(OCc2ccccc2OC(=O)OC)cc1F. The van der Waals surface area contributed by atoms with Crippen LogP contribution in [0.15, 0.2) is 36.4 Å². The van der Waals surface area contributed by atoms with Crippen LogP contribution in [0.1, 0.15) is 23.6 Å². The van der Waals surface area contributed by atoms with Gasteiger partial charge in [-0.3, -0.25) is 0 Å². The fourth-order valence-electron chi connectivity index (χ4n) is 2.22. The number of para-hydroxylation sites is 1. The summed E-state index contributed by atoms with van der Waals surface area (Å²) in [6.45, 7) is 1.20. The Kier molecular flexibility index (Phi) is 6.07. The van der Waals surface area contributed by atoms with Gasteiger partial charge < -0.3 is 14.2 Å². The molecule has 0 amide bonds. The summed E-state index contributed by atoms with van der Waals surface area (Å²) in [4.78, 5) is 11.2. The highest BCUT2D eigenvalue weighted by Crippen LogP contribution is 2.38. The molecule has 0 unspecified atom stereocenters. The van der Waals surface area contributed by atoms with Crippen LogP contribution in [0, 0.1) is 5.82 Å². The van der Waals surface area contributed by atoms with Crippen molar-refractivity contribution in [2.45, 2.75) is 26.1 Å². The van der Waals surface area contributed by atoms with E-state index in [0.29, 0.717) is 11.6 Å². The van der Waals surface area contributed by atoms with E-state index in [9.17, 15) is 22.4 Å². The van der Waals surface area contributed by atoms with Crippen molar-refractivity contribution in [2.75, 3.05) is 7.11 Å². The molecule has 0 saturated carbocycles. The lowest BCUT2D eigenvalue weighted by atomic mass is 10.1. The zero-order chi connectivity index (χ0) is 19.3. The van der Waals surface area contributed by atoms with Crippen molar-refractivity contribution >= 4 is 6.16 Å². The van der Waals surface area contributed by atoms with Gasteiger partial charge in [-0.2, -0.15) is 13.2 Å². The number of benzene rings is 2. The lowest BCUT2D eigenvalue weighted by Crippen LogP contribution is -2.12. The molecular weight excluding hydrogens is 356 g/mol. The maximum atomic E-state index is 13.9. The number of methoxy groups -OCH3 is 1. The zero-order valence-electron chi connectivity index (χ0n) is 14.0. The van der Waals surface area contributed by atoms with Crippen LogP contribution in [0.3, 0.4) is 0 Å². The zero-order valence-corrected chi connectivity index (χ0v) is 14.0. The summed E-state index contributed by atoms with van der Waals surface area (Å²) < 4.78 is 68.1. The van der Waals surface area contributed by atoms with Gasteiger partial charge in [0.05, 0.1) is 12.7 Å². The Morgan fingerprint density at radius 3 is 2.38 bits per heavy atom. The van der Waals surface area contributed by atoms with Gasteiger partial charge in [0.2, 0.25) is 0 Å². The molecule has 2 aromatic carbocycles. The molecule has 0 aliphatic carbocycles. The number of halogens is 4. The first-order valence-electron chi connectivity index (χ1n) is 7.62. The van der Waals surface area contributed by atoms with E-state index < -0.39 is 29.5 Å². The molecule has 0 aromatic heterocycles. The normalized spacial score (nSPS) is 11.2. The molecule has 0 spiro atoms. The van der Waals surface area contributed by atoms with Crippen LogP contribution in [0.5, 0.6) is 11.5 Å². The fourth-order valence-corrected chi connectivity index (χ4v) is 2.22. The average Bonchev–Trinajstić information content (AvgIpc) is 2.59. The van der Waals surface area contributed by atoms with Crippen molar-refractivity contribution in [1.29, 1.82) is 0 Å². The van der Waals surface area contributed by atoms with Gasteiger partial charge in [0, 0.05) is 11.6 Å². The molecule has 0 aliphatic heterocycles. The maximum Gasteiger partial charge on any atom is 0.513 e. The smallest absolute Gasteiger partial charge is 0.488 e. The molecule has 140 valence electrons. The largest absolute Gasteiger partial charge is 0.513 e. The lowest BCUT2D eigenvalue weighted by molar-refractivity contribution is -0.139. The van der Waals surface area contributed by atoms with Gasteiger partial charge in [-0.25, -0.2) is 9.18 Å². The van der Waals surface area contributed by atoms with E-state index in [1.165, 1.54) is 12.1 Å². The van der Waals surface area contributed by atoms with E-state index in [1.807, 2.05) is 0 Å². The van der Waals surface area contributed by atoms with E-state index in [-0.39, 0.29) is 24.3 Å². The third-order valence-electron chi connectivity index (χ3n) is 3.55. The molecule has 2 rings (SSSR count). The predicted octanol–water partition coefficient (Wildman–Crippen LogP) is 5.13. The Balaban J connectivity index is 2.30. The quantitative estimate of drug-likeness (QED) is 0.415. The van der Waals surface area contributed by atoms with Gasteiger partial charge in [0.15, 0.2) is 0 Å². The first-order chi connectivity index (χ1) is 12.3. The highest BCUT2D eigenvalue weighted by molar-refractivity contribution is 5.64. The Labute approximate surface area is 147 Å². The van der Waals surface area contributed by atoms with E-state index in [0.717, 1.165) is 13.2 Å². The van der Waals surface area contributed by atoms with E-state index in [2.05, 4.69) is 4.74 Å². The Morgan fingerprint density at radius 2 is 1.77 bits per heavy atom. The Bertz CT molecular complexity index is 787. The molecule has 0 saturated heterocycles. The van der Waals surface area contributed by atoms with Gasteiger partial charge in [-0.05, 0) is 24.1 Å².